The van der Waals surface area contributed by atoms with Gasteiger partial charge in [-0.2, -0.15) is 0 Å². The minimum Gasteiger partial charge on any atom is -0.384 e. The molecule has 2 heterocycles. The zero-order valence-corrected chi connectivity index (χ0v) is 15.4. The fraction of sp³-hybridized carbons (Fsp3) is 0.190. The van der Waals surface area contributed by atoms with Gasteiger partial charge >= 0.3 is 0 Å². The fourth-order valence-electron chi connectivity index (χ4n) is 3.23. The summed E-state index contributed by atoms with van der Waals surface area (Å²) in [6.45, 7) is 2.59. The molecule has 1 amide bonds. The zero-order chi connectivity index (χ0) is 19.7. The third kappa shape index (κ3) is 3.05. The Balaban J connectivity index is 1.98. The minimum absolute atomic E-state index is 0.185. The summed E-state index contributed by atoms with van der Waals surface area (Å²) in [5.74, 6) is -0.526. The summed E-state index contributed by atoms with van der Waals surface area (Å²) in [5.41, 5.74) is 9.26. The van der Waals surface area contributed by atoms with Crippen LogP contribution in [-0.4, -0.2) is 27.0 Å². The van der Waals surface area contributed by atoms with E-state index in [1.54, 1.807) is 16.7 Å². The second-order valence-corrected chi connectivity index (χ2v) is 6.57. The van der Waals surface area contributed by atoms with Crippen LogP contribution in [0, 0.1) is 5.82 Å². The molecule has 3 N–H and O–H groups in total. The van der Waals surface area contributed by atoms with Gasteiger partial charge in [0.1, 0.15) is 22.7 Å². The monoisotopic (exact) mass is 377 g/mol. The number of rotatable bonds is 5. The van der Waals surface area contributed by atoms with Crippen LogP contribution in [0.4, 0.5) is 10.2 Å². The molecule has 142 valence electrons. The van der Waals surface area contributed by atoms with E-state index < -0.39 is 5.82 Å². The third-order valence-corrected chi connectivity index (χ3v) is 4.61. The van der Waals surface area contributed by atoms with Gasteiger partial charge in [0.05, 0.1) is 16.7 Å². The topological polar surface area (TPSA) is 85.8 Å². The van der Waals surface area contributed by atoms with Gasteiger partial charge < -0.3 is 11.1 Å². The average Bonchev–Trinajstić information content (AvgIpc) is 2.97. The van der Waals surface area contributed by atoms with Gasteiger partial charge in [0.2, 0.25) is 0 Å². The van der Waals surface area contributed by atoms with Crippen molar-refractivity contribution in [2.75, 3.05) is 12.3 Å². The van der Waals surface area contributed by atoms with Crippen molar-refractivity contribution in [1.82, 2.24) is 19.9 Å². The number of unbranched alkanes of at least 4 members (excludes halogenated alkanes) is 1. The van der Waals surface area contributed by atoms with Gasteiger partial charge in [-0.3, -0.25) is 9.36 Å². The maximum atomic E-state index is 13.8. The summed E-state index contributed by atoms with van der Waals surface area (Å²) in [5, 5.41) is 2.88. The third-order valence-electron chi connectivity index (χ3n) is 4.61. The van der Waals surface area contributed by atoms with Crippen molar-refractivity contribution in [2.45, 2.75) is 19.8 Å². The van der Waals surface area contributed by atoms with E-state index in [-0.39, 0.29) is 17.3 Å². The highest BCUT2D eigenvalue weighted by molar-refractivity contribution is 6.11. The summed E-state index contributed by atoms with van der Waals surface area (Å²) in [6.07, 6.45) is 1.83. The van der Waals surface area contributed by atoms with Gasteiger partial charge in [-0.15, -0.1) is 0 Å². The number of benzene rings is 2. The number of amides is 1. The van der Waals surface area contributed by atoms with Crippen LogP contribution in [0.25, 0.3) is 27.9 Å². The molecular formula is C21H20FN5O. The number of carbonyl (C=O) groups excluding carboxylic acids is 1. The lowest BCUT2D eigenvalue weighted by Gasteiger charge is -2.08. The van der Waals surface area contributed by atoms with Gasteiger partial charge in [0.25, 0.3) is 5.91 Å². The number of nitrogen functional groups attached to an aromatic ring is 1. The molecule has 0 saturated carbocycles. The van der Waals surface area contributed by atoms with Crippen molar-refractivity contribution >= 4 is 33.9 Å². The quantitative estimate of drug-likeness (QED) is 0.518. The van der Waals surface area contributed by atoms with Crippen LogP contribution in [0.15, 0.2) is 48.5 Å². The first kappa shape index (κ1) is 17.9. The largest absolute Gasteiger partial charge is 0.384 e. The van der Waals surface area contributed by atoms with Gasteiger partial charge in [0.15, 0.2) is 5.65 Å². The highest BCUT2D eigenvalue weighted by Gasteiger charge is 2.24. The van der Waals surface area contributed by atoms with Crippen LogP contribution < -0.4 is 11.1 Å². The second kappa shape index (κ2) is 7.26. The molecule has 6 nitrogen and oxygen atoms in total. The van der Waals surface area contributed by atoms with E-state index in [2.05, 4.69) is 15.3 Å². The maximum Gasteiger partial charge on any atom is 0.257 e. The van der Waals surface area contributed by atoms with Crippen LogP contribution in [-0.2, 0) is 0 Å². The predicted molar refractivity (Wildman–Crippen MR) is 108 cm³/mol. The molecule has 2 aromatic carbocycles. The standard InChI is InChI=1S/C21H20FN5O/c1-2-3-11-24-21(28)17-18-20(26-16-10-5-4-9-15(16)25-18)27(19(17)23)14-8-6-7-13(22)12-14/h4-10,12H,2-3,11,23H2,1H3,(H,24,28). The Kier molecular flexibility index (Phi) is 4.65. The number of nitrogens with two attached hydrogens (primary N) is 1. The molecule has 0 bridgehead atoms. The first-order valence-electron chi connectivity index (χ1n) is 9.21. The van der Waals surface area contributed by atoms with Crippen molar-refractivity contribution in [2.24, 2.45) is 0 Å². The first-order valence-corrected chi connectivity index (χ1v) is 9.21. The molecule has 0 spiro atoms. The number of hydrogen-bond donors (Lipinski definition) is 2. The number of nitrogens with zero attached hydrogens (tertiary/aromatic N) is 3. The molecule has 28 heavy (non-hydrogen) atoms. The Morgan fingerprint density at radius 3 is 2.61 bits per heavy atom. The smallest absolute Gasteiger partial charge is 0.257 e. The van der Waals surface area contributed by atoms with Crippen LogP contribution in [0.1, 0.15) is 30.1 Å². The number of aromatic nitrogens is 3. The molecule has 7 heteroatoms. The van der Waals surface area contributed by atoms with E-state index in [0.29, 0.717) is 34.4 Å². The summed E-state index contributed by atoms with van der Waals surface area (Å²) in [4.78, 5) is 22.2. The number of nitrogens with one attached hydrogen (secondary N) is 1. The molecule has 0 aliphatic carbocycles. The van der Waals surface area contributed by atoms with Crippen molar-refractivity contribution in [3.63, 3.8) is 0 Å². The van der Waals surface area contributed by atoms with E-state index in [1.807, 2.05) is 31.2 Å². The molecule has 0 radical (unpaired) electrons. The minimum atomic E-state index is -0.401. The molecule has 0 aliphatic heterocycles. The van der Waals surface area contributed by atoms with Crippen LogP contribution >= 0.6 is 0 Å². The van der Waals surface area contributed by atoms with Crippen molar-refractivity contribution in [3.05, 3.63) is 59.9 Å². The van der Waals surface area contributed by atoms with Crippen molar-refractivity contribution < 1.29 is 9.18 Å². The Hall–Kier alpha value is -3.48. The van der Waals surface area contributed by atoms with Crippen molar-refractivity contribution in [1.29, 1.82) is 0 Å². The van der Waals surface area contributed by atoms with Crippen LogP contribution in [0.3, 0.4) is 0 Å². The molecule has 0 fully saturated rings. The SMILES string of the molecule is CCCCNC(=O)c1c(N)n(-c2cccc(F)c2)c2nc3ccccc3nc12. The van der Waals surface area contributed by atoms with Crippen LogP contribution in [0.2, 0.25) is 0 Å². The fourth-order valence-corrected chi connectivity index (χ4v) is 3.23. The number of halogens is 1. The van der Waals surface area contributed by atoms with Gasteiger partial charge in [0, 0.05) is 6.54 Å². The molecule has 0 unspecified atom stereocenters. The Labute approximate surface area is 161 Å². The Bertz CT molecular complexity index is 1180. The summed E-state index contributed by atoms with van der Waals surface area (Å²) in [7, 11) is 0. The lowest BCUT2D eigenvalue weighted by atomic mass is 10.2. The molecule has 0 aliphatic rings. The summed E-state index contributed by atoms with van der Waals surface area (Å²) < 4.78 is 15.4. The Morgan fingerprint density at radius 2 is 1.89 bits per heavy atom. The maximum absolute atomic E-state index is 13.8. The lowest BCUT2D eigenvalue weighted by Crippen LogP contribution is -2.25. The summed E-state index contributed by atoms with van der Waals surface area (Å²) in [6, 6.07) is 13.4. The highest BCUT2D eigenvalue weighted by atomic mass is 19.1. The Morgan fingerprint density at radius 1 is 1.14 bits per heavy atom. The number of carbonyl (C=O) groups is 1. The van der Waals surface area contributed by atoms with Gasteiger partial charge in [-0.05, 0) is 36.8 Å². The van der Waals surface area contributed by atoms with Crippen LogP contribution in [0.5, 0.6) is 0 Å². The predicted octanol–water partition coefficient (Wildman–Crippen LogP) is 3.82. The van der Waals surface area contributed by atoms with E-state index in [0.717, 1.165) is 12.8 Å². The van der Waals surface area contributed by atoms with E-state index in [1.165, 1.54) is 12.1 Å². The summed E-state index contributed by atoms with van der Waals surface area (Å²) >= 11 is 0. The number of hydrogen-bond acceptors (Lipinski definition) is 4. The molecule has 2 aromatic heterocycles. The average molecular weight is 377 g/mol. The number of para-hydroxylation sites is 2. The molecule has 0 saturated heterocycles. The lowest BCUT2D eigenvalue weighted by molar-refractivity contribution is 0.0955. The first-order chi connectivity index (χ1) is 13.6. The van der Waals surface area contributed by atoms with E-state index in [4.69, 9.17) is 5.73 Å². The van der Waals surface area contributed by atoms with Gasteiger partial charge in [-0.25, -0.2) is 14.4 Å². The van der Waals surface area contributed by atoms with Crippen molar-refractivity contribution in [3.8, 4) is 5.69 Å². The normalized spacial score (nSPS) is 11.2. The highest BCUT2D eigenvalue weighted by Crippen LogP contribution is 2.31. The second-order valence-electron chi connectivity index (χ2n) is 6.57. The molecular weight excluding hydrogens is 357 g/mol. The van der Waals surface area contributed by atoms with Gasteiger partial charge in [-0.1, -0.05) is 31.5 Å². The van der Waals surface area contributed by atoms with E-state index >= 15 is 0 Å². The molecule has 4 aromatic rings. The molecule has 4 rings (SSSR count). The molecule has 0 atom stereocenters. The number of anilines is 1. The number of fused-ring (bicyclic) bond motifs is 2. The zero-order valence-electron chi connectivity index (χ0n) is 15.4. The van der Waals surface area contributed by atoms with E-state index in [9.17, 15) is 9.18 Å².